The summed E-state index contributed by atoms with van der Waals surface area (Å²) in [6.07, 6.45) is 2.28. The van der Waals surface area contributed by atoms with E-state index in [9.17, 15) is 9.90 Å². The molecule has 0 spiro atoms. The van der Waals surface area contributed by atoms with Crippen LogP contribution < -0.4 is 9.47 Å². The van der Waals surface area contributed by atoms with Crippen molar-refractivity contribution in [1.82, 2.24) is 0 Å². The maximum absolute atomic E-state index is 11.4. The Morgan fingerprint density at radius 3 is 2.00 bits per heavy atom. The molecule has 0 heterocycles. The lowest BCUT2D eigenvalue weighted by molar-refractivity contribution is -0.145. The molecule has 0 aliphatic heterocycles. The van der Waals surface area contributed by atoms with Gasteiger partial charge in [0.05, 0.1) is 6.61 Å². The second kappa shape index (κ2) is 9.72. The highest BCUT2D eigenvalue weighted by Gasteiger charge is 2.18. The van der Waals surface area contributed by atoms with Crippen molar-refractivity contribution in [2.24, 2.45) is 0 Å². The third kappa shape index (κ3) is 6.87. The molecule has 2 aromatic carbocycles. The number of aryl methyl sites for hydroxylation is 2. The van der Waals surface area contributed by atoms with Gasteiger partial charge in [0.25, 0.3) is 0 Å². The van der Waals surface area contributed by atoms with E-state index >= 15 is 0 Å². The first-order chi connectivity index (χ1) is 12.0. The van der Waals surface area contributed by atoms with E-state index in [1.165, 1.54) is 5.56 Å². The second-order valence-corrected chi connectivity index (χ2v) is 6.27. The van der Waals surface area contributed by atoms with Gasteiger partial charge < -0.3 is 14.6 Å². The fourth-order valence-corrected chi connectivity index (χ4v) is 2.45. The van der Waals surface area contributed by atoms with E-state index < -0.39 is 12.1 Å². The number of hydrogen-bond acceptors (Lipinski definition) is 3. The predicted molar refractivity (Wildman–Crippen MR) is 98.4 cm³/mol. The summed E-state index contributed by atoms with van der Waals surface area (Å²) in [5.41, 5.74) is 2.33. The van der Waals surface area contributed by atoms with E-state index in [1.807, 2.05) is 50.2 Å². The third-order valence-corrected chi connectivity index (χ3v) is 3.98. The van der Waals surface area contributed by atoms with E-state index in [2.05, 4.69) is 0 Å². The lowest BCUT2D eigenvalue weighted by atomic mass is 10.1. The van der Waals surface area contributed by atoms with Crippen LogP contribution in [0.2, 0.25) is 0 Å². The van der Waals surface area contributed by atoms with Crippen molar-refractivity contribution in [2.75, 3.05) is 6.61 Å². The molecule has 2 aromatic rings. The summed E-state index contributed by atoms with van der Waals surface area (Å²) >= 11 is 0. The number of carboxylic acids is 1. The van der Waals surface area contributed by atoms with Gasteiger partial charge in [0, 0.05) is 0 Å². The summed E-state index contributed by atoms with van der Waals surface area (Å²) in [6.45, 7) is 4.66. The molecule has 0 fully saturated rings. The van der Waals surface area contributed by atoms with Crippen molar-refractivity contribution in [3.8, 4) is 11.5 Å². The molecule has 0 aliphatic carbocycles. The molecule has 4 heteroatoms. The molecule has 0 radical (unpaired) electrons. The second-order valence-electron chi connectivity index (χ2n) is 6.27. The van der Waals surface area contributed by atoms with Crippen LogP contribution in [0.15, 0.2) is 48.5 Å². The van der Waals surface area contributed by atoms with Crippen molar-refractivity contribution >= 4 is 5.97 Å². The van der Waals surface area contributed by atoms with E-state index in [0.29, 0.717) is 18.8 Å². The van der Waals surface area contributed by atoms with Gasteiger partial charge in [-0.1, -0.05) is 35.4 Å². The molecule has 0 aliphatic rings. The first-order valence-electron chi connectivity index (χ1n) is 8.70. The molecular weight excluding hydrogens is 316 g/mol. The Balaban J connectivity index is 1.66. The molecule has 0 amide bonds. The number of aliphatic carboxylic acids is 1. The Morgan fingerprint density at radius 1 is 0.880 bits per heavy atom. The van der Waals surface area contributed by atoms with Crippen LogP contribution in [0.1, 0.15) is 36.8 Å². The standard InChI is InChI=1S/C21H26O4/c1-16-7-11-18(12-8-16)24-15-5-3-4-6-20(21(22)23)25-19-13-9-17(2)10-14-19/h7-14,20H,3-6,15H2,1-2H3,(H,22,23). The third-order valence-electron chi connectivity index (χ3n) is 3.98. The predicted octanol–water partition coefficient (Wildman–Crippen LogP) is 4.77. The molecule has 2 rings (SSSR count). The van der Waals surface area contributed by atoms with Crippen LogP contribution in [0.25, 0.3) is 0 Å². The van der Waals surface area contributed by atoms with E-state index in [0.717, 1.165) is 30.6 Å². The van der Waals surface area contributed by atoms with Crippen LogP contribution in [0.4, 0.5) is 0 Å². The molecule has 1 unspecified atom stereocenters. The average molecular weight is 342 g/mol. The Labute approximate surface area is 149 Å². The summed E-state index contributed by atoms with van der Waals surface area (Å²) in [5, 5.41) is 9.31. The Morgan fingerprint density at radius 2 is 1.44 bits per heavy atom. The molecular formula is C21H26O4. The molecule has 0 saturated carbocycles. The van der Waals surface area contributed by atoms with Crippen molar-refractivity contribution in [3.63, 3.8) is 0 Å². The lowest BCUT2D eigenvalue weighted by Gasteiger charge is -2.15. The van der Waals surface area contributed by atoms with Crippen LogP contribution >= 0.6 is 0 Å². The van der Waals surface area contributed by atoms with Crippen LogP contribution in [0.5, 0.6) is 11.5 Å². The zero-order chi connectivity index (χ0) is 18.1. The molecule has 0 saturated heterocycles. The van der Waals surface area contributed by atoms with Gasteiger partial charge in [-0.15, -0.1) is 0 Å². The zero-order valence-electron chi connectivity index (χ0n) is 14.9. The maximum atomic E-state index is 11.4. The topological polar surface area (TPSA) is 55.8 Å². The molecule has 1 atom stereocenters. The van der Waals surface area contributed by atoms with E-state index in [-0.39, 0.29) is 0 Å². The summed E-state index contributed by atoms with van der Waals surface area (Å²) in [4.78, 5) is 11.4. The maximum Gasteiger partial charge on any atom is 0.344 e. The normalized spacial score (nSPS) is 11.8. The average Bonchev–Trinajstić information content (AvgIpc) is 2.60. The van der Waals surface area contributed by atoms with E-state index in [4.69, 9.17) is 9.47 Å². The highest BCUT2D eigenvalue weighted by atomic mass is 16.5. The van der Waals surface area contributed by atoms with Gasteiger partial charge in [-0.3, -0.25) is 0 Å². The zero-order valence-corrected chi connectivity index (χ0v) is 14.9. The van der Waals surface area contributed by atoms with E-state index in [1.54, 1.807) is 12.1 Å². The van der Waals surface area contributed by atoms with Crippen molar-refractivity contribution in [2.45, 2.75) is 45.6 Å². The molecule has 25 heavy (non-hydrogen) atoms. The fourth-order valence-electron chi connectivity index (χ4n) is 2.45. The number of benzene rings is 2. The Kier molecular flexibility index (Phi) is 7.33. The summed E-state index contributed by atoms with van der Waals surface area (Å²) in [6, 6.07) is 15.4. The van der Waals surface area contributed by atoms with Crippen molar-refractivity contribution in [1.29, 1.82) is 0 Å². The summed E-state index contributed by atoms with van der Waals surface area (Å²) in [7, 11) is 0. The molecule has 0 aromatic heterocycles. The van der Waals surface area contributed by atoms with Crippen LogP contribution in [0, 0.1) is 13.8 Å². The summed E-state index contributed by atoms with van der Waals surface area (Å²) in [5.74, 6) is 0.550. The lowest BCUT2D eigenvalue weighted by Crippen LogP contribution is -2.26. The minimum atomic E-state index is -0.920. The highest BCUT2D eigenvalue weighted by molar-refractivity contribution is 5.72. The molecule has 1 N–H and O–H groups in total. The molecule has 4 nitrogen and oxygen atoms in total. The van der Waals surface area contributed by atoms with Gasteiger partial charge in [0.1, 0.15) is 11.5 Å². The van der Waals surface area contributed by atoms with Gasteiger partial charge in [-0.25, -0.2) is 4.79 Å². The van der Waals surface area contributed by atoms with Crippen LogP contribution in [-0.2, 0) is 4.79 Å². The Bertz CT molecular complexity index is 647. The molecule has 134 valence electrons. The number of ether oxygens (including phenoxy) is 2. The van der Waals surface area contributed by atoms with Crippen LogP contribution in [-0.4, -0.2) is 23.8 Å². The number of carboxylic acid groups (broad SMARTS) is 1. The SMILES string of the molecule is Cc1ccc(OCCCCCC(Oc2ccc(C)cc2)C(=O)O)cc1. The minimum Gasteiger partial charge on any atom is -0.494 e. The fraction of sp³-hybridized carbons (Fsp3) is 0.381. The van der Waals surface area contributed by atoms with Crippen molar-refractivity contribution in [3.05, 3.63) is 59.7 Å². The van der Waals surface area contributed by atoms with Gasteiger partial charge in [-0.2, -0.15) is 0 Å². The van der Waals surface area contributed by atoms with Gasteiger partial charge >= 0.3 is 5.97 Å². The highest BCUT2D eigenvalue weighted by Crippen LogP contribution is 2.17. The first-order valence-corrected chi connectivity index (χ1v) is 8.70. The van der Waals surface area contributed by atoms with Gasteiger partial charge in [0.2, 0.25) is 0 Å². The quantitative estimate of drug-likeness (QED) is 0.632. The van der Waals surface area contributed by atoms with Gasteiger partial charge in [0.15, 0.2) is 6.10 Å². The first kappa shape index (κ1) is 18.8. The number of carbonyl (C=O) groups is 1. The number of unbranched alkanes of at least 4 members (excludes halogenated alkanes) is 2. The van der Waals surface area contributed by atoms with Crippen LogP contribution in [0.3, 0.4) is 0 Å². The number of hydrogen-bond donors (Lipinski definition) is 1. The largest absolute Gasteiger partial charge is 0.494 e. The van der Waals surface area contributed by atoms with Gasteiger partial charge in [-0.05, 0) is 63.8 Å². The van der Waals surface area contributed by atoms with Crippen molar-refractivity contribution < 1.29 is 19.4 Å². The molecule has 0 bridgehead atoms. The summed E-state index contributed by atoms with van der Waals surface area (Å²) < 4.78 is 11.3. The smallest absolute Gasteiger partial charge is 0.344 e. The number of rotatable bonds is 10. The minimum absolute atomic E-state index is 0.494. The Hall–Kier alpha value is -2.49. The monoisotopic (exact) mass is 342 g/mol.